The molecule has 0 aliphatic carbocycles. The average Bonchev–Trinajstić information content (AvgIpc) is 3.29. The fraction of sp³-hybridized carbons (Fsp3) is 0.381. The summed E-state index contributed by atoms with van der Waals surface area (Å²) in [5.41, 5.74) is 3.93. The molecule has 2 aromatic heterocycles. The number of rotatable bonds is 5. The fourth-order valence-electron chi connectivity index (χ4n) is 3.89. The quantitative estimate of drug-likeness (QED) is 0.748. The molecule has 1 fully saturated rings. The van der Waals surface area contributed by atoms with Gasteiger partial charge < -0.3 is 5.11 Å². The van der Waals surface area contributed by atoms with E-state index < -0.39 is 0 Å². The molecule has 2 atom stereocenters. The van der Waals surface area contributed by atoms with Gasteiger partial charge in [0.05, 0.1) is 12.6 Å². The molecule has 0 saturated carbocycles. The van der Waals surface area contributed by atoms with E-state index in [4.69, 9.17) is 0 Å². The van der Waals surface area contributed by atoms with Crippen LogP contribution in [0.1, 0.15) is 33.9 Å². The third-order valence-electron chi connectivity index (χ3n) is 5.31. The number of nitrogens with zero attached hydrogens (tertiary/aromatic N) is 3. The minimum Gasteiger partial charge on any atom is -0.391 e. The van der Waals surface area contributed by atoms with Crippen molar-refractivity contribution in [2.75, 3.05) is 13.1 Å². The number of aliphatic hydroxyl groups is 1. The highest BCUT2D eigenvalue weighted by Gasteiger charge is 2.30. The summed E-state index contributed by atoms with van der Waals surface area (Å²) >= 11 is 1.78. The summed E-state index contributed by atoms with van der Waals surface area (Å²) in [7, 11) is 0. The first-order valence-corrected chi connectivity index (χ1v) is 10.1. The van der Waals surface area contributed by atoms with Crippen molar-refractivity contribution >= 4 is 11.3 Å². The Kier molecular flexibility index (Phi) is 5.20. The summed E-state index contributed by atoms with van der Waals surface area (Å²) in [5, 5.41) is 17.2. The number of aromatic nitrogens is 2. The maximum Gasteiger partial charge on any atom is 0.0744 e. The van der Waals surface area contributed by atoms with E-state index in [-0.39, 0.29) is 12.0 Å². The van der Waals surface area contributed by atoms with Gasteiger partial charge in [-0.15, -0.1) is 11.3 Å². The summed E-state index contributed by atoms with van der Waals surface area (Å²) in [6, 6.07) is 12.7. The van der Waals surface area contributed by atoms with Crippen molar-refractivity contribution in [2.45, 2.75) is 38.5 Å². The molecule has 3 heterocycles. The average molecular weight is 368 g/mol. The van der Waals surface area contributed by atoms with Crippen LogP contribution in [0, 0.1) is 6.92 Å². The maximum atomic E-state index is 10.7. The number of hydrogen-bond donors (Lipinski definition) is 1. The third-order valence-corrected chi connectivity index (χ3v) is 6.46. The zero-order valence-electron chi connectivity index (χ0n) is 15.1. The van der Waals surface area contributed by atoms with Crippen LogP contribution in [0.4, 0.5) is 0 Å². The van der Waals surface area contributed by atoms with E-state index >= 15 is 0 Å². The molecule has 136 valence electrons. The smallest absolute Gasteiger partial charge is 0.0744 e. The number of thiophene rings is 1. The first kappa shape index (κ1) is 17.5. The summed E-state index contributed by atoms with van der Waals surface area (Å²) < 4.78 is 1.96. The molecule has 1 aliphatic rings. The van der Waals surface area contributed by atoms with Crippen molar-refractivity contribution in [3.8, 4) is 0 Å². The monoisotopic (exact) mass is 367 g/mol. The molecule has 1 aliphatic heterocycles. The predicted octanol–water partition coefficient (Wildman–Crippen LogP) is 3.65. The molecule has 4 nitrogen and oxygen atoms in total. The molecule has 1 N–H and O–H groups in total. The zero-order chi connectivity index (χ0) is 17.9. The second kappa shape index (κ2) is 7.74. The van der Waals surface area contributed by atoms with E-state index in [1.165, 1.54) is 21.6 Å². The topological polar surface area (TPSA) is 41.3 Å². The molecule has 4 rings (SSSR count). The molecule has 1 saturated heterocycles. The molecule has 1 aromatic carbocycles. The zero-order valence-corrected chi connectivity index (χ0v) is 15.9. The molecular weight excluding hydrogens is 342 g/mol. The summed E-state index contributed by atoms with van der Waals surface area (Å²) in [6.07, 6.45) is 4.54. The lowest BCUT2D eigenvalue weighted by molar-refractivity contribution is 0.0484. The van der Waals surface area contributed by atoms with Crippen LogP contribution >= 0.6 is 11.3 Å². The first-order valence-electron chi connectivity index (χ1n) is 9.19. The van der Waals surface area contributed by atoms with Gasteiger partial charge >= 0.3 is 0 Å². The summed E-state index contributed by atoms with van der Waals surface area (Å²) in [4.78, 5) is 3.74. The van der Waals surface area contributed by atoms with Crippen LogP contribution in [-0.2, 0) is 13.1 Å². The lowest BCUT2D eigenvalue weighted by Gasteiger charge is -2.36. The largest absolute Gasteiger partial charge is 0.391 e. The SMILES string of the molecule is Cc1ccsc1[C@H]1CCN(Cc2ccccc2Cn2cccn2)C[C@@H]1O. The van der Waals surface area contributed by atoms with Gasteiger partial charge in [0.15, 0.2) is 0 Å². The highest BCUT2D eigenvalue weighted by Crippen LogP contribution is 2.34. The van der Waals surface area contributed by atoms with Gasteiger partial charge in [-0.2, -0.15) is 5.10 Å². The number of β-amino-alcohol motifs (C(OH)–C–C–N with tert-alkyl or cyclic N) is 1. The van der Waals surface area contributed by atoms with Crippen LogP contribution in [0.15, 0.2) is 54.2 Å². The van der Waals surface area contributed by atoms with Gasteiger partial charge in [-0.1, -0.05) is 24.3 Å². The summed E-state index contributed by atoms with van der Waals surface area (Å²) in [5.74, 6) is 0.283. The van der Waals surface area contributed by atoms with Crippen molar-refractivity contribution in [3.63, 3.8) is 0 Å². The Hall–Kier alpha value is -1.95. The number of likely N-dealkylation sites (tertiary alicyclic amines) is 1. The predicted molar refractivity (Wildman–Crippen MR) is 105 cm³/mol. The van der Waals surface area contributed by atoms with Gasteiger partial charge in [0.25, 0.3) is 0 Å². The molecule has 0 radical (unpaired) electrons. The van der Waals surface area contributed by atoms with Crippen LogP contribution in [-0.4, -0.2) is 39.0 Å². The van der Waals surface area contributed by atoms with Crippen molar-refractivity contribution < 1.29 is 5.11 Å². The van der Waals surface area contributed by atoms with E-state index in [9.17, 15) is 5.11 Å². The fourth-order valence-corrected chi connectivity index (χ4v) is 5.01. The Morgan fingerprint density at radius 1 is 1.15 bits per heavy atom. The van der Waals surface area contributed by atoms with Gasteiger partial charge in [0.2, 0.25) is 0 Å². The highest BCUT2D eigenvalue weighted by molar-refractivity contribution is 7.10. The molecule has 26 heavy (non-hydrogen) atoms. The van der Waals surface area contributed by atoms with Crippen LogP contribution in [0.2, 0.25) is 0 Å². The maximum absolute atomic E-state index is 10.7. The van der Waals surface area contributed by atoms with Crippen molar-refractivity contribution in [1.29, 1.82) is 0 Å². The van der Waals surface area contributed by atoms with E-state index in [1.54, 1.807) is 11.3 Å². The van der Waals surface area contributed by atoms with Gasteiger partial charge in [0.1, 0.15) is 0 Å². The highest BCUT2D eigenvalue weighted by atomic mass is 32.1. The number of benzene rings is 1. The second-order valence-electron chi connectivity index (χ2n) is 7.14. The molecular formula is C21H25N3OS. The van der Waals surface area contributed by atoms with E-state index in [0.717, 1.165) is 32.6 Å². The Morgan fingerprint density at radius 3 is 2.62 bits per heavy atom. The van der Waals surface area contributed by atoms with Crippen molar-refractivity contribution in [2.24, 2.45) is 0 Å². The molecule has 0 spiro atoms. The van der Waals surface area contributed by atoms with Crippen LogP contribution in [0.5, 0.6) is 0 Å². The Labute approximate surface area is 158 Å². The van der Waals surface area contributed by atoms with Crippen LogP contribution in [0.3, 0.4) is 0 Å². The molecule has 0 amide bonds. The van der Waals surface area contributed by atoms with Gasteiger partial charge in [-0.05, 0) is 54.1 Å². The Balaban J connectivity index is 1.44. The molecule has 5 heteroatoms. The minimum absolute atomic E-state index is 0.283. The second-order valence-corrected chi connectivity index (χ2v) is 8.09. The number of hydrogen-bond acceptors (Lipinski definition) is 4. The minimum atomic E-state index is -0.292. The summed E-state index contributed by atoms with van der Waals surface area (Å²) in [6.45, 7) is 5.57. The number of aryl methyl sites for hydroxylation is 1. The van der Waals surface area contributed by atoms with Crippen LogP contribution < -0.4 is 0 Å². The normalized spacial score (nSPS) is 21.2. The lowest BCUT2D eigenvalue weighted by Crippen LogP contribution is -2.42. The molecule has 0 bridgehead atoms. The van der Waals surface area contributed by atoms with Crippen molar-refractivity contribution in [3.05, 3.63) is 75.7 Å². The third kappa shape index (κ3) is 3.75. The van der Waals surface area contributed by atoms with Crippen molar-refractivity contribution in [1.82, 2.24) is 14.7 Å². The van der Waals surface area contributed by atoms with E-state index in [1.807, 2.05) is 23.1 Å². The van der Waals surface area contributed by atoms with Gasteiger partial charge in [-0.25, -0.2) is 0 Å². The number of piperidine rings is 1. The van der Waals surface area contributed by atoms with E-state index in [2.05, 4.69) is 52.6 Å². The standard InChI is InChI=1S/C21H25N3OS/c1-16-8-12-26-21(16)19-7-11-23(15-20(19)25)13-17-5-2-3-6-18(17)14-24-10-4-9-22-24/h2-6,8-10,12,19-20,25H,7,11,13-15H2,1H3/t19-,20-/m0/s1. The van der Waals surface area contributed by atoms with Gasteiger partial charge in [-0.3, -0.25) is 9.58 Å². The lowest BCUT2D eigenvalue weighted by atomic mass is 9.90. The Bertz CT molecular complexity index is 843. The first-order chi connectivity index (χ1) is 12.7. The Morgan fingerprint density at radius 2 is 1.96 bits per heavy atom. The molecule has 0 unspecified atom stereocenters. The molecule has 3 aromatic rings. The van der Waals surface area contributed by atoms with E-state index in [0.29, 0.717) is 0 Å². The van der Waals surface area contributed by atoms with Crippen LogP contribution in [0.25, 0.3) is 0 Å². The number of aliphatic hydroxyl groups excluding tert-OH is 1. The van der Waals surface area contributed by atoms with Gasteiger partial charge in [0, 0.05) is 36.3 Å².